The molecular formula is C14H13BrFNO. The molecule has 0 saturated heterocycles. The largest absolute Gasteiger partial charge is 0.456 e. The van der Waals surface area contributed by atoms with Crippen LogP contribution >= 0.6 is 15.9 Å². The molecule has 0 amide bonds. The molecule has 0 aliphatic carbocycles. The van der Waals surface area contributed by atoms with Gasteiger partial charge in [-0.2, -0.15) is 0 Å². The van der Waals surface area contributed by atoms with Crippen molar-refractivity contribution in [2.24, 2.45) is 5.73 Å². The number of hydrogen-bond donors (Lipinski definition) is 1. The van der Waals surface area contributed by atoms with Crippen molar-refractivity contribution in [1.29, 1.82) is 0 Å². The van der Waals surface area contributed by atoms with Gasteiger partial charge in [-0.25, -0.2) is 4.39 Å². The smallest absolute Gasteiger partial charge is 0.141 e. The lowest BCUT2D eigenvalue weighted by Gasteiger charge is -2.11. The molecule has 0 aromatic heterocycles. The van der Waals surface area contributed by atoms with Crippen molar-refractivity contribution in [3.63, 3.8) is 0 Å². The third-order valence-electron chi connectivity index (χ3n) is 2.50. The molecule has 94 valence electrons. The summed E-state index contributed by atoms with van der Waals surface area (Å²) in [5.74, 6) is 1.03. The van der Waals surface area contributed by atoms with Gasteiger partial charge in [0.25, 0.3) is 0 Å². The van der Waals surface area contributed by atoms with Crippen LogP contribution < -0.4 is 10.5 Å². The van der Waals surface area contributed by atoms with E-state index in [1.54, 1.807) is 6.07 Å². The van der Waals surface area contributed by atoms with Gasteiger partial charge in [-0.15, -0.1) is 0 Å². The maximum Gasteiger partial charge on any atom is 0.141 e. The van der Waals surface area contributed by atoms with E-state index in [-0.39, 0.29) is 5.82 Å². The number of para-hydroxylation sites is 1. The van der Waals surface area contributed by atoms with Crippen LogP contribution in [0, 0.1) is 5.82 Å². The summed E-state index contributed by atoms with van der Waals surface area (Å²) in [6.45, 7) is 0.560. The molecule has 0 bridgehead atoms. The maximum absolute atomic E-state index is 13.0. The highest BCUT2D eigenvalue weighted by Gasteiger charge is 2.07. The number of benzene rings is 2. The van der Waals surface area contributed by atoms with E-state index in [1.807, 2.05) is 24.3 Å². The molecule has 0 radical (unpaired) electrons. The van der Waals surface area contributed by atoms with Gasteiger partial charge in [0.15, 0.2) is 0 Å². The Kier molecular flexibility index (Phi) is 4.33. The number of nitrogens with two attached hydrogens (primary N) is 1. The molecule has 18 heavy (non-hydrogen) atoms. The van der Waals surface area contributed by atoms with Crippen molar-refractivity contribution >= 4 is 15.9 Å². The minimum absolute atomic E-state index is 0.301. The van der Waals surface area contributed by atoms with Crippen molar-refractivity contribution in [2.75, 3.05) is 6.54 Å². The Morgan fingerprint density at radius 1 is 1.11 bits per heavy atom. The van der Waals surface area contributed by atoms with Crippen LogP contribution in [0.25, 0.3) is 0 Å². The summed E-state index contributed by atoms with van der Waals surface area (Å²) < 4.78 is 19.4. The van der Waals surface area contributed by atoms with E-state index in [1.165, 1.54) is 12.1 Å². The highest BCUT2D eigenvalue weighted by Crippen LogP contribution is 2.31. The summed E-state index contributed by atoms with van der Waals surface area (Å²) in [5, 5.41) is 0. The molecule has 2 nitrogen and oxygen atoms in total. The van der Waals surface area contributed by atoms with Gasteiger partial charge >= 0.3 is 0 Å². The van der Waals surface area contributed by atoms with Crippen molar-refractivity contribution in [2.45, 2.75) is 6.42 Å². The average Bonchev–Trinajstić information content (AvgIpc) is 2.35. The lowest BCUT2D eigenvalue weighted by Crippen LogP contribution is -2.04. The fraction of sp³-hybridized carbons (Fsp3) is 0.143. The van der Waals surface area contributed by atoms with Crippen molar-refractivity contribution in [3.8, 4) is 11.5 Å². The quantitative estimate of drug-likeness (QED) is 0.930. The SMILES string of the molecule is NCCc1ccccc1Oc1ccc(F)cc1Br. The van der Waals surface area contributed by atoms with Gasteiger partial charge in [0.2, 0.25) is 0 Å². The van der Waals surface area contributed by atoms with E-state index in [9.17, 15) is 4.39 Å². The molecule has 2 rings (SSSR count). The maximum atomic E-state index is 13.0. The lowest BCUT2D eigenvalue weighted by atomic mass is 10.1. The summed E-state index contributed by atoms with van der Waals surface area (Å²) in [7, 11) is 0. The molecular weight excluding hydrogens is 297 g/mol. The minimum Gasteiger partial charge on any atom is -0.456 e. The minimum atomic E-state index is -0.301. The molecule has 0 unspecified atom stereocenters. The Hall–Kier alpha value is -1.39. The lowest BCUT2D eigenvalue weighted by molar-refractivity contribution is 0.471. The van der Waals surface area contributed by atoms with Crippen molar-refractivity contribution < 1.29 is 9.13 Å². The Morgan fingerprint density at radius 2 is 1.89 bits per heavy atom. The molecule has 2 N–H and O–H groups in total. The first-order valence-electron chi connectivity index (χ1n) is 5.61. The number of hydrogen-bond acceptors (Lipinski definition) is 2. The van der Waals surface area contributed by atoms with E-state index in [4.69, 9.17) is 10.5 Å². The zero-order chi connectivity index (χ0) is 13.0. The van der Waals surface area contributed by atoms with Crippen LogP contribution in [0.3, 0.4) is 0 Å². The van der Waals surface area contributed by atoms with Gasteiger partial charge in [-0.1, -0.05) is 18.2 Å². The standard InChI is InChI=1S/C14H13BrFNO/c15-12-9-11(16)5-6-14(12)18-13-4-2-1-3-10(13)7-8-17/h1-6,9H,7-8,17H2. The summed E-state index contributed by atoms with van der Waals surface area (Å²) in [6.07, 6.45) is 0.745. The van der Waals surface area contributed by atoms with Gasteiger partial charge in [0.05, 0.1) is 4.47 Å². The van der Waals surface area contributed by atoms with Gasteiger partial charge < -0.3 is 10.5 Å². The molecule has 0 aliphatic heterocycles. The second-order valence-corrected chi connectivity index (χ2v) is 4.68. The van der Waals surface area contributed by atoms with Crippen LogP contribution in [0.4, 0.5) is 4.39 Å². The fourth-order valence-electron chi connectivity index (χ4n) is 1.64. The third-order valence-corrected chi connectivity index (χ3v) is 3.12. The first kappa shape index (κ1) is 13.1. The van der Waals surface area contributed by atoms with Crippen LogP contribution in [0.15, 0.2) is 46.9 Å². The molecule has 2 aromatic rings. The fourth-order valence-corrected chi connectivity index (χ4v) is 2.07. The van der Waals surface area contributed by atoms with E-state index >= 15 is 0 Å². The summed E-state index contributed by atoms with van der Waals surface area (Å²) in [4.78, 5) is 0. The van der Waals surface area contributed by atoms with Crippen LogP contribution in [-0.2, 0) is 6.42 Å². The zero-order valence-electron chi connectivity index (χ0n) is 9.70. The molecule has 2 aromatic carbocycles. The highest BCUT2D eigenvalue weighted by molar-refractivity contribution is 9.10. The van der Waals surface area contributed by atoms with E-state index in [0.29, 0.717) is 16.8 Å². The molecule has 0 fully saturated rings. The Balaban J connectivity index is 2.28. The van der Waals surface area contributed by atoms with E-state index < -0.39 is 0 Å². The summed E-state index contributed by atoms with van der Waals surface area (Å²) in [5.41, 5.74) is 6.60. The average molecular weight is 310 g/mol. The predicted octanol–water partition coefficient (Wildman–Crippen LogP) is 3.88. The first-order chi connectivity index (χ1) is 8.70. The normalized spacial score (nSPS) is 10.4. The van der Waals surface area contributed by atoms with Gasteiger partial charge in [0.1, 0.15) is 17.3 Å². The predicted molar refractivity (Wildman–Crippen MR) is 73.4 cm³/mol. The number of ether oxygens (including phenoxy) is 1. The molecule has 0 saturated carbocycles. The van der Waals surface area contributed by atoms with Crippen molar-refractivity contribution in [3.05, 3.63) is 58.3 Å². The van der Waals surface area contributed by atoms with Crippen LogP contribution in [0.5, 0.6) is 11.5 Å². The second kappa shape index (κ2) is 5.98. The van der Waals surface area contributed by atoms with Gasteiger partial charge in [-0.05, 0) is 58.7 Å². The van der Waals surface area contributed by atoms with Gasteiger partial charge in [-0.3, -0.25) is 0 Å². The number of rotatable bonds is 4. The molecule has 0 heterocycles. The molecule has 0 aliphatic rings. The zero-order valence-corrected chi connectivity index (χ0v) is 11.3. The topological polar surface area (TPSA) is 35.2 Å². The van der Waals surface area contributed by atoms with E-state index in [2.05, 4.69) is 15.9 Å². The van der Waals surface area contributed by atoms with Crippen LogP contribution in [0.1, 0.15) is 5.56 Å². The first-order valence-corrected chi connectivity index (χ1v) is 6.41. The Morgan fingerprint density at radius 3 is 2.61 bits per heavy atom. The molecule has 4 heteroatoms. The van der Waals surface area contributed by atoms with E-state index in [0.717, 1.165) is 17.7 Å². The second-order valence-electron chi connectivity index (χ2n) is 3.82. The molecule has 0 spiro atoms. The highest BCUT2D eigenvalue weighted by atomic mass is 79.9. The summed E-state index contributed by atoms with van der Waals surface area (Å²) >= 11 is 3.28. The van der Waals surface area contributed by atoms with Crippen LogP contribution in [-0.4, -0.2) is 6.54 Å². The molecule has 0 atom stereocenters. The Bertz CT molecular complexity index is 545. The monoisotopic (exact) mass is 309 g/mol. The Labute approximate surface area is 114 Å². The van der Waals surface area contributed by atoms with Gasteiger partial charge in [0, 0.05) is 0 Å². The number of halogens is 2. The third kappa shape index (κ3) is 3.09. The van der Waals surface area contributed by atoms with Crippen LogP contribution in [0.2, 0.25) is 0 Å². The summed E-state index contributed by atoms with van der Waals surface area (Å²) in [6, 6.07) is 12.0. The van der Waals surface area contributed by atoms with Crippen molar-refractivity contribution in [1.82, 2.24) is 0 Å².